The highest BCUT2D eigenvalue weighted by atomic mass is 19.1. The molecule has 2 rings (SSSR count). The number of nitrogens with zero attached hydrogens (tertiary/aromatic N) is 3. The predicted molar refractivity (Wildman–Crippen MR) is 74.1 cm³/mol. The van der Waals surface area contributed by atoms with E-state index in [2.05, 4.69) is 15.6 Å². The van der Waals surface area contributed by atoms with Crippen molar-refractivity contribution in [3.8, 4) is 5.75 Å². The summed E-state index contributed by atoms with van der Waals surface area (Å²) in [5.74, 6) is 0.263. The lowest BCUT2D eigenvalue weighted by molar-refractivity contribution is 0.390. The minimum atomic E-state index is -0.279. The van der Waals surface area contributed by atoms with Gasteiger partial charge in [0, 0.05) is 31.3 Å². The Morgan fingerprint density at radius 3 is 2.85 bits per heavy atom. The van der Waals surface area contributed by atoms with Crippen molar-refractivity contribution in [3.05, 3.63) is 41.5 Å². The minimum absolute atomic E-state index is 0.201. The average molecular weight is 278 g/mol. The normalized spacial score (nSPS) is 12.4. The Morgan fingerprint density at radius 2 is 2.25 bits per heavy atom. The van der Waals surface area contributed by atoms with Gasteiger partial charge < -0.3 is 10.1 Å². The van der Waals surface area contributed by atoms with Crippen molar-refractivity contribution in [1.29, 1.82) is 0 Å². The second kappa shape index (κ2) is 6.47. The van der Waals surface area contributed by atoms with Crippen LogP contribution in [-0.4, -0.2) is 28.6 Å². The number of ether oxygens (including phenoxy) is 1. The van der Waals surface area contributed by atoms with Crippen molar-refractivity contribution >= 4 is 0 Å². The molecule has 0 spiro atoms. The van der Waals surface area contributed by atoms with E-state index in [-0.39, 0.29) is 11.9 Å². The summed E-state index contributed by atoms with van der Waals surface area (Å²) in [6, 6.07) is 4.65. The van der Waals surface area contributed by atoms with Crippen LogP contribution in [0.25, 0.3) is 0 Å². The van der Waals surface area contributed by atoms with Crippen LogP contribution >= 0.6 is 0 Å². The van der Waals surface area contributed by atoms with Crippen LogP contribution in [0.5, 0.6) is 5.75 Å². The Labute approximate surface area is 117 Å². The molecule has 5 nitrogen and oxygen atoms in total. The van der Waals surface area contributed by atoms with Crippen molar-refractivity contribution in [2.75, 3.05) is 13.7 Å². The first kappa shape index (κ1) is 14.5. The van der Waals surface area contributed by atoms with E-state index < -0.39 is 0 Å². The standard InChI is InChI=1S/C14H19FN4O/c1-4-16-12(8-10-9-19(2)18-17-10)14-11(15)6-5-7-13(14)20-3/h5-7,9,12,16H,4,8H2,1-3H3. The number of nitrogens with one attached hydrogen (secondary N) is 1. The van der Waals surface area contributed by atoms with Gasteiger partial charge in [0.05, 0.1) is 12.8 Å². The van der Waals surface area contributed by atoms with Crippen LogP contribution in [0.4, 0.5) is 4.39 Å². The van der Waals surface area contributed by atoms with Crippen LogP contribution in [-0.2, 0) is 13.5 Å². The number of methoxy groups -OCH3 is 1. The highest BCUT2D eigenvalue weighted by Crippen LogP contribution is 2.29. The summed E-state index contributed by atoms with van der Waals surface area (Å²) in [6.45, 7) is 2.71. The predicted octanol–water partition coefficient (Wildman–Crippen LogP) is 1.86. The molecule has 0 fully saturated rings. The molecule has 1 aromatic heterocycles. The zero-order chi connectivity index (χ0) is 14.5. The molecule has 2 aromatic rings. The molecule has 0 saturated heterocycles. The zero-order valence-corrected chi connectivity index (χ0v) is 11.9. The van der Waals surface area contributed by atoms with Crippen molar-refractivity contribution in [2.24, 2.45) is 7.05 Å². The number of hydrogen-bond donors (Lipinski definition) is 1. The van der Waals surface area contributed by atoms with Gasteiger partial charge >= 0.3 is 0 Å². The van der Waals surface area contributed by atoms with E-state index in [4.69, 9.17) is 4.74 Å². The van der Waals surface area contributed by atoms with E-state index in [1.807, 2.05) is 20.2 Å². The summed E-state index contributed by atoms with van der Waals surface area (Å²) < 4.78 is 21.1. The van der Waals surface area contributed by atoms with Crippen molar-refractivity contribution < 1.29 is 9.13 Å². The van der Waals surface area contributed by atoms with Gasteiger partial charge in [-0.3, -0.25) is 4.68 Å². The number of aryl methyl sites for hydroxylation is 1. The molecular formula is C14H19FN4O. The average Bonchev–Trinajstić information content (AvgIpc) is 2.83. The molecule has 0 amide bonds. The lowest BCUT2D eigenvalue weighted by Crippen LogP contribution is -2.24. The van der Waals surface area contributed by atoms with Gasteiger partial charge in [-0.05, 0) is 18.7 Å². The summed E-state index contributed by atoms with van der Waals surface area (Å²) in [5, 5.41) is 11.2. The SMILES string of the molecule is CCNC(Cc1cn(C)nn1)c1c(F)cccc1OC. The molecule has 108 valence electrons. The maximum atomic E-state index is 14.2. The molecule has 20 heavy (non-hydrogen) atoms. The smallest absolute Gasteiger partial charge is 0.131 e. The fourth-order valence-electron chi connectivity index (χ4n) is 2.25. The third-order valence-corrected chi connectivity index (χ3v) is 3.10. The first-order valence-corrected chi connectivity index (χ1v) is 6.56. The van der Waals surface area contributed by atoms with Gasteiger partial charge in [-0.1, -0.05) is 18.2 Å². The molecule has 1 unspecified atom stereocenters. The minimum Gasteiger partial charge on any atom is -0.496 e. The van der Waals surface area contributed by atoms with Gasteiger partial charge in [0.25, 0.3) is 0 Å². The van der Waals surface area contributed by atoms with Crippen LogP contribution in [0.2, 0.25) is 0 Å². The van der Waals surface area contributed by atoms with E-state index in [0.717, 1.165) is 12.2 Å². The Bertz CT molecular complexity index is 570. The molecule has 0 aliphatic carbocycles. The fraction of sp³-hybridized carbons (Fsp3) is 0.429. The number of rotatable bonds is 6. The third-order valence-electron chi connectivity index (χ3n) is 3.10. The molecule has 0 bridgehead atoms. The van der Waals surface area contributed by atoms with Gasteiger partial charge in [-0.15, -0.1) is 5.10 Å². The number of halogens is 1. The van der Waals surface area contributed by atoms with Gasteiger partial charge in [0.2, 0.25) is 0 Å². The van der Waals surface area contributed by atoms with Gasteiger partial charge in [-0.25, -0.2) is 4.39 Å². The number of hydrogen-bond acceptors (Lipinski definition) is 4. The zero-order valence-electron chi connectivity index (χ0n) is 11.9. The Balaban J connectivity index is 2.33. The van der Waals surface area contributed by atoms with Crippen molar-refractivity contribution in [3.63, 3.8) is 0 Å². The second-order valence-electron chi connectivity index (χ2n) is 4.55. The summed E-state index contributed by atoms with van der Waals surface area (Å²) in [4.78, 5) is 0. The topological polar surface area (TPSA) is 52.0 Å². The van der Waals surface area contributed by atoms with Crippen LogP contribution < -0.4 is 10.1 Å². The molecule has 6 heteroatoms. The molecule has 1 atom stereocenters. The summed E-state index contributed by atoms with van der Waals surface area (Å²) in [6.07, 6.45) is 2.39. The van der Waals surface area contributed by atoms with Gasteiger partial charge in [0.15, 0.2) is 0 Å². The van der Waals surface area contributed by atoms with Crippen LogP contribution in [0.1, 0.15) is 24.2 Å². The first-order chi connectivity index (χ1) is 9.65. The van der Waals surface area contributed by atoms with E-state index in [9.17, 15) is 4.39 Å². The number of aromatic nitrogens is 3. The lowest BCUT2D eigenvalue weighted by Gasteiger charge is -2.20. The lowest BCUT2D eigenvalue weighted by atomic mass is 10.0. The van der Waals surface area contributed by atoms with E-state index in [1.54, 1.807) is 23.9 Å². The van der Waals surface area contributed by atoms with E-state index in [1.165, 1.54) is 6.07 Å². The Morgan fingerprint density at radius 1 is 1.45 bits per heavy atom. The number of likely N-dealkylation sites (N-methyl/N-ethyl adjacent to an activating group) is 1. The summed E-state index contributed by atoms with van der Waals surface area (Å²) in [7, 11) is 3.35. The quantitative estimate of drug-likeness (QED) is 0.876. The Kier molecular flexibility index (Phi) is 4.68. The molecule has 0 aliphatic rings. The van der Waals surface area contributed by atoms with Gasteiger partial charge in [0.1, 0.15) is 11.6 Å². The third kappa shape index (κ3) is 3.14. The molecule has 1 N–H and O–H groups in total. The molecule has 1 heterocycles. The molecular weight excluding hydrogens is 259 g/mol. The second-order valence-corrected chi connectivity index (χ2v) is 4.55. The maximum absolute atomic E-state index is 14.2. The monoisotopic (exact) mass is 278 g/mol. The first-order valence-electron chi connectivity index (χ1n) is 6.56. The van der Waals surface area contributed by atoms with Crippen LogP contribution in [0, 0.1) is 5.82 Å². The van der Waals surface area contributed by atoms with Gasteiger partial charge in [-0.2, -0.15) is 0 Å². The summed E-state index contributed by atoms with van der Waals surface area (Å²) >= 11 is 0. The maximum Gasteiger partial charge on any atom is 0.131 e. The molecule has 0 saturated carbocycles. The fourth-order valence-corrected chi connectivity index (χ4v) is 2.25. The highest BCUT2D eigenvalue weighted by Gasteiger charge is 2.21. The van der Waals surface area contributed by atoms with Crippen LogP contribution in [0.15, 0.2) is 24.4 Å². The van der Waals surface area contributed by atoms with E-state index >= 15 is 0 Å². The number of benzene rings is 1. The summed E-state index contributed by atoms with van der Waals surface area (Å²) in [5.41, 5.74) is 1.34. The van der Waals surface area contributed by atoms with Crippen molar-refractivity contribution in [1.82, 2.24) is 20.3 Å². The molecule has 0 radical (unpaired) electrons. The largest absolute Gasteiger partial charge is 0.496 e. The van der Waals surface area contributed by atoms with E-state index in [0.29, 0.717) is 17.7 Å². The molecule has 0 aliphatic heterocycles. The highest BCUT2D eigenvalue weighted by molar-refractivity contribution is 5.37. The Hall–Kier alpha value is -1.95. The van der Waals surface area contributed by atoms with Crippen molar-refractivity contribution in [2.45, 2.75) is 19.4 Å². The molecule has 1 aromatic carbocycles. The van der Waals surface area contributed by atoms with Crippen LogP contribution in [0.3, 0.4) is 0 Å².